The maximum absolute atomic E-state index is 12.7. The molecule has 5 nitrogen and oxygen atoms in total. The fourth-order valence-corrected chi connectivity index (χ4v) is 3.12. The van der Waals surface area contributed by atoms with Crippen LogP contribution in [-0.4, -0.2) is 29.4 Å². The van der Waals surface area contributed by atoms with E-state index in [9.17, 15) is 9.59 Å². The van der Waals surface area contributed by atoms with Crippen LogP contribution in [0.25, 0.3) is 0 Å². The van der Waals surface area contributed by atoms with Crippen LogP contribution in [0.2, 0.25) is 0 Å². The molecule has 1 aliphatic rings. The van der Waals surface area contributed by atoms with Crippen molar-refractivity contribution in [2.45, 2.75) is 51.6 Å². The molecular weight excluding hydrogens is 278 g/mol. The molecule has 3 N–H and O–H groups in total. The van der Waals surface area contributed by atoms with E-state index < -0.39 is 12.1 Å². The van der Waals surface area contributed by atoms with Gasteiger partial charge < -0.3 is 16.0 Å². The Kier molecular flexibility index (Phi) is 5.41. The van der Waals surface area contributed by atoms with Crippen LogP contribution in [0.5, 0.6) is 0 Å². The van der Waals surface area contributed by atoms with Crippen LogP contribution in [0.15, 0.2) is 24.3 Å². The Morgan fingerprint density at radius 1 is 1.32 bits per heavy atom. The summed E-state index contributed by atoms with van der Waals surface area (Å²) in [6.07, 6.45) is 4.19. The maximum atomic E-state index is 12.7. The molecule has 5 heteroatoms. The zero-order valence-corrected chi connectivity index (χ0v) is 13.3. The smallest absolute Gasteiger partial charge is 0.312 e. The van der Waals surface area contributed by atoms with Crippen LogP contribution in [0.1, 0.15) is 49.8 Å². The van der Waals surface area contributed by atoms with Gasteiger partial charge in [-0.05, 0) is 32.3 Å². The minimum absolute atomic E-state index is 0.0628. The normalized spacial score (nSPS) is 20.1. The van der Waals surface area contributed by atoms with Crippen molar-refractivity contribution in [3.8, 4) is 0 Å². The summed E-state index contributed by atoms with van der Waals surface area (Å²) in [7, 11) is 0. The third kappa shape index (κ3) is 4.00. The van der Waals surface area contributed by atoms with Gasteiger partial charge >= 0.3 is 6.03 Å². The Labute approximate surface area is 131 Å². The monoisotopic (exact) mass is 303 g/mol. The molecule has 2 rings (SSSR count). The molecule has 0 aromatic heterocycles. The maximum Gasteiger partial charge on any atom is 0.312 e. The van der Waals surface area contributed by atoms with Gasteiger partial charge in [0, 0.05) is 6.54 Å². The molecule has 1 aromatic carbocycles. The quantitative estimate of drug-likeness (QED) is 0.900. The van der Waals surface area contributed by atoms with Crippen molar-refractivity contribution < 1.29 is 9.59 Å². The Morgan fingerprint density at radius 3 is 2.77 bits per heavy atom. The molecule has 120 valence electrons. The highest BCUT2D eigenvalue weighted by Crippen LogP contribution is 2.31. The number of nitrogens with one attached hydrogen (secondary N) is 1. The number of likely N-dealkylation sites (tertiary alicyclic amines) is 1. The van der Waals surface area contributed by atoms with E-state index in [1.165, 1.54) is 11.1 Å². The summed E-state index contributed by atoms with van der Waals surface area (Å²) in [6, 6.07) is 7.13. The van der Waals surface area contributed by atoms with Gasteiger partial charge in [-0.15, -0.1) is 0 Å². The number of nitrogens with zero attached hydrogens (tertiary/aromatic N) is 1. The molecule has 0 saturated carbocycles. The lowest BCUT2D eigenvalue weighted by Crippen LogP contribution is -2.49. The molecule has 1 aromatic rings. The summed E-state index contributed by atoms with van der Waals surface area (Å²) in [5.41, 5.74) is 7.50. The fourth-order valence-electron chi connectivity index (χ4n) is 3.12. The minimum atomic E-state index is -0.664. The number of hydrogen-bond acceptors (Lipinski definition) is 2. The van der Waals surface area contributed by atoms with Gasteiger partial charge in [-0.1, -0.05) is 42.7 Å². The van der Waals surface area contributed by atoms with Crippen LogP contribution in [0.3, 0.4) is 0 Å². The number of carbonyl (C=O) groups is 2. The predicted octanol–water partition coefficient (Wildman–Crippen LogP) is 2.50. The van der Waals surface area contributed by atoms with Gasteiger partial charge in [-0.2, -0.15) is 0 Å². The molecule has 0 spiro atoms. The lowest BCUT2D eigenvalue weighted by atomic mass is 9.98. The first kappa shape index (κ1) is 16.3. The lowest BCUT2D eigenvalue weighted by Gasteiger charge is -2.32. The van der Waals surface area contributed by atoms with Crippen molar-refractivity contribution in [3.63, 3.8) is 0 Å². The molecule has 0 unspecified atom stereocenters. The number of hydrogen-bond donors (Lipinski definition) is 2. The van der Waals surface area contributed by atoms with E-state index in [1.54, 1.807) is 6.92 Å². The van der Waals surface area contributed by atoms with E-state index in [4.69, 9.17) is 5.73 Å². The van der Waals surface area contributed by atoms with Crippen molar-refractivity contribution in [1.29, 1.82) is 0 Å². The molecule has 22 heavy (non-hydrogen) atoms. The van der Waals surface area contributed by atoms with Crippen LogP contribution in [-0.2, 0) is 4.79 Å². The van der Waals surface area contributed by atoms with E-state index in [1.807, 2.05) is 11.0 Å². The average molecular weight is 303 g/mol. The van der Waals surface area contributed by atoms with E-state index >= 15 is 0 Å². The number of primary amides is 1. The van der Waals surface area contributed by atoms with E-state index in [-0.39, 0.29) is 11.9 Å². The number of urea groups is 1. The third-order valence-electron chi connectivity index (χ3n) is 4.19. The van der Waals surface area contributed by atoms with Gasteiger partial charge in [-0.3, -0.25) is 4.79 Å². The molecule has 0 bridgehead atoms. The molecule has 3 amide bonds. The van der Waals surface area contributed by atoms with Gasteiger partial charge in [0.1, 0.15) is 6.04 Å². The zero-order valence-electron chi connectivity index (χ0n) is 13.3. The zero-order chi connectivity index (χ0) is 16.1. The van der Waals surface area contributed by atoms with E-state index in [2.05, 4.69) is 30.4 Å². The first-order chi connectivity index (χ1) is 10.5. The number of aryl methyl sites for hydroxylation is 1. The predicted molar refractivity (Wildman–Crippen MR) is 86.3 cm³/mol. The highest BCUT2D eigenvalue weighted by Gasteiger charge is 2.30. The number of carbonyl (C=O) groups excluding carboxylic acids is 2. The van der Waals surface area contributed by atoms with Crippen molar-refractivity contribution >= 4 is 11.9 Å². The molecule has 0 radical (unpaired) electrons. The van der Waals surface area contributed by atoms with E-state index in [0.29, 0.717) is 0 Å². The second-order valence-electron chi connectivity index (χ2n) is 6.04. The number of rotatable bonds is 3. The van der Waals surface area contributed by atoms with Gasteiger partial charge in [0.2, 0.25) is 5.91 Å². The van der Waals surface area contributed by atoms with Crippen LogP contribution < -0.4 is 11.1 Å². The molecule has 1 aliphatic heterocycles. The van der Waals surface area contributed by atoms with Crippen molar-refractivity contribution in [2.75, 3.05) is 6.54 Å². The Hall–Kier alpha value is -2.04. The third-order valence-corrected chi connectivity index (χ3v) is 4.19. The lowest BCUT2D eigenvalue weighted by molar-refractivity contribution is -0.135. The van der Waals surface area contributed by atoms with E-state index in [0.717, 1.165) is 32.2 Å². The van der Waals surface area contributed by atoms with Gasteiger partial charge in [-0.25, -0.2) is 4.79 Å². The van der Waals surface area contributed by atoms with Crippen LogP contribution in [0.4, 0.5) is 4.79 Å². The first-order valence-electron chi connectivity index (χ1n) is 7.92. The highest BCUT2D eigenvalue weighted by atomic mass is 16.2. The first-order valence-corrected chi connectivity index (χ1v) is 7.92. The topological polar surface area (TPSA) is 75.4 Å². The average Bonchev–Trinajstić information content (AvgIpc) is 2.71. The van der Waals surface area contributed by atoms with Gasteiger partial charge in [0.05, 0.1) is 6.04 Å². The standard InChI is InChI=1S/C17H25N3O2/c1-12-7-6-8-14(11-12)15-9-4-3-5-10-20(15)16(21)13(2)19-17(18)22/h6-8,11,13,15H,3-5,9-10H2,1-2H3,(H3,18,19,22)/t13-,15+/m1/s1. The molecule has 1 heterocycles. The second-order valence-corrected chi connectivity index (χ2v) is 6.04. The Morgan fingerprint density at radius 2 is 2.09 bits per heavy atom. The fraction of sp³-hybridized carbons (Fsp3) is 0.529. The largest absolute Gasteiger partial charge is 0.352 e. The van der Waals surface area contributed by atoms with Crippen molar-refractivity contribution in [2.24, 2.45) is 5.73 Å². The van der Waals surface area contributed by atoms with Crippen LogP contribution in [0, 0.1) is 6.92 Å². The number of nitrogens with two attached hydrogens (primary N) is 1. The number of amides is 3. The SMILES string of the molecule is Cc1cccc([C@@H]2CCCCCN2C(=O)[C@@H](C)NC(N)=O)c1. The summed E-state index contributed by atoms with van der Waals surface area (Å²) < 4.78 is 0. The summed E-state index contributed by atoms with van der Waals surface area (Å²) in [5, 5.41) is 2.49. The van der Waals surface area contributed by atoms with Crippen LogP contribution >= 0.6 is 0 Å². The molecule has 1 fully saturated rings. The van der Waals surface area contributed by atoms with Crippen molar-refractivity contribution in [1.82, 2.24) is 10.2 Å². The molecular formula is C17H25N3O2. The molecule has 1 saturated heterocycles. The van der Waals surface area contributed by atoms with Crippen molar-refractivity contribution in [3.05, 3.63) is 35.4 Å². The highest BCUT2D eigenvalue weighted by molar-refractivity contribution is 5.86. The second kappa shape index (κ2) is 7.29. The number of benzene rings is 1. The summed E-state index contributed by atoms with van der Waals surface area (Å²) in [6.45, 7) is 4.47. The summed E-state index contributed by atoms with van der Waals surface area (Å²) in [4.78, 5) is 25.6. The van der Waals surface area contributed by atoms with Gasteiger partial charge in [0.15, 0.2) is 0 Å². The summed E-state index contributed by atoms with van der Waals surface area (Å²) in [5.74, 6) is -0.0628. The molecule has 0 aliphatic carbocycles. The Bertz CT molecular complexity index is 544. The molecule has 2 atom stereocenters. The Balaban J connectivity index is 2.24. The van der Waals surface area contributed by atoms with Gasteiger partial charge in [0.25, 0.3) is 0 Å². The summed E-state index contributed by atoms with van der Waals surface area (Å²) >= 11 is 0. The minimum Gasteiger partial charge on any atom is -0.352 e.